The van der Waals surface area contributed by atoms with Gasteiger partial charge in [-0.2, -0.15) is 13.2 Å². The summed E-state index contributed by atoms with van der Waals surface area (Å²) in [6, 6.07) is 19.9. The van der Waals surface area contributed by atoms with E-state index in [0.717, 1.165) is 24.5 Å². The van der Waals surface area contributed by atoms with Crippen LogP contribution in [0.4, 0.5) is 18.9 Å². The number of ether oxygens (including phenoxy) is 3. The van der Waals surface area contributed by atoms with Gasteiger partial charge in [-0.1, -0.05) is 50.8 Å². The number of benzene rings is 3. The average Bonchev–Trinajstić information content (AvgIpc) is 3.11. The molecule has 10 nitrogen and oxygen atoms in total. The number of carbonyl (C=O) groups excluding carboxylic acids is 2. The molecular formula is C39H42F3N3O7. The third-order valence-electron chi connectivity index (χ3n) is 7.98. The Kier molecular flexibility index (Phi) is 14.6. The summed E-state index contributed by atoms with van der Waals surface area (Å²) in [4.78, 5) is 42.9. The molecule has 0 aliphatic heterocycles. The minimum atomic E-state index is -4.66. The van der Waals surface area contributed by atoms with Crippen molar-refractivity contribution in [3.05, 3.63) is 113 Å². The van der Waals surface area contributed by atoms with E-state index in [2.05, 4.69) is 17.2 Å². The van der Waals surface area contributed by atoms with E-state index in [0.29, 0.717) is 29.3 Å². The Bertz CT molecular complexity index is 1760. The van der Waals surface area contributed by atoms with Gasteiger partial charge < -0.3 is 24.6 Å². The van der Waals surface area contributed by atoms with Gasteiger partial charge in [0.15, 0.2) is 0 Å². The van der Waals surface area contributed by atoms with E-state index >= 15 is 0 Å². The molecule has 3 aromatic carbocycles. The molecule has 2 N–H and O–H groups in total. The zero-order valence-corrected chi connectivity index (χ0v) is 29.1. The summed E-state index contributed by atoms with van der Waals surface area (Å²) in [5.41, 5.74) is 0.845. The monoisotopic (exact) mass is 721 g/mol. The molecule has 0 unspecified atom stereocenters. The number of alkyl halides is 3. The van der Waals surface area contributed by atoms with Crippen molar-refractivity contribution >= 4 is 23.5 Å². The summed E-state index contributed by atoms with van der Waals surface area (Å²) < 4.78 is 56.7. The number of hydrogen-bond donors (Lipinski definition) is 2. The van der Waals surface area contributed by atoms with Gasteiger partial charge in [-0.15, -0.1) is 0 Å². The van der Waals surface area contributed by atoms with Crippen molar-refractivity contribution in [2.75, 3.05) is 25.6 Å². The molecule has 0 saturated carbocycles. The number of amides is 1. The number of anilines is 1. The summed E-state index contributed by atoms with van der Waals surface area (Å²) in [5.74, 6) is -1.30. The van der Waals surface area contributed by atoms with Crippen LogP contribution in [-0.2, 0) is 35.3 Å². The summed E-state index contributed by atoms with van der Waals surface area (Å²) in [7, 11) is 1.26. The molecule has 1 aromatic heterocycles. The molecule has 0 atom stereocenters. The quantitative estimate of drug-likeness (QED) is 0.0733. The number of unbranched alkanes of at least 4 members (excludes halogenated alkanes) is 4. The molecule has 4 aromatic rings. The summed E-state index contributed by atoms with van der Waals surface area (Å²) >= 11 is 0. The van der Waals surface area contributed by atoms with Crippen LogP contribution in [0.2, 0.25) is 0 Å². The predicted molar refractivity (Wildman–Crippen MR) is 188 cm³/mol. The Morgan fingerprint density at radius 1 is 0.846 bits per heavy atom. The molecule has 0 radical (unpaired) electrons. The third kappa shape index (κ3) is 12.7. The number of nitrogens with one attached hydrogen (secondary N) is 1. The van der Waals surface area contributed by atoms with E-state index in [4.69, 9.17) is 14.2 Å². The van der Waals surface area contributed by atoms with E-state index in [1.807, 2.05) is 0 Å². The number of pyridine rings is 1. The highest BCUT2D eigenvalue weighted by Gasteiger charge is 2.34. The van der Waals surface area contributed by atoms with Crippen LogP contribution in [0.25, 0.3) is 0 Å². The number of aliphatic carboxylic acids is 1. The van der Waals surface area contributed by atoms with E-state index in [1.165, 1.54) is 44.7 Å². The maximum absolute atomic E-state index is 13.5. The number of rotatable bonds is 19. The maximum atomic E-state index is 13.5. The number of carboxylic acids is 1. The van der Waals surface area contributed by atoms with Crippen molar-refractivity contribution in [1.82, 2.24) is 9.88 Å². The molecule has 0 aliphatic rings. The number of esters is 1. The van der Waals surface area contributed by atoms with Gasteiger partial charge in [0.25, 0.3) is 0 Å². The lowest BCUT2D eigenvalue weighted by Crippen LogP contribution is -2.29. The highest BCUT2D eigenvalue weighted by molar-refractivity contribution is 5.92. The molecule has 276 valence electrons. The van der Waals surface area contributed by atoms with Crippen molar-refractivity contribution in [3.8, 4) is 17.2 Å². The molecular weight excluding hydrogens is 679 g/mol. The molecule has 0 bridgehead atoms. The van der Waals surface area contributed by atoms with Gasteiger partial charge in [0, 0.05) is 18.8 Å². The van der Waals surface area contributed by atoms with Crippen LogP contribution < -0.4 is 19.5 Å². The fourth-order valence-corrected chi connectivity index (χ4v) is 5.33. The lowest BCUT2D eigenvalue weighted by Gasteiger charge is -2.20. The molecule has 13 heteroatoms. The Balaban J connectivity index is 1.29. The standard InChI is InChI=1S/C39H42F3N3O7/c1-3-4-5-6-7-20-51-32-16-10-28(11-17-32)38(49)52-34-19-15-31(43-23-34)25-45(26-37(47)48)24-27-8-13-30(14-9-27)44-36(46)21-29-12-18-33(50-2)22-35(29)39(40,41)42/h8-19,22-23H,3-7,20-21,24-26H2,1-2H3,(H,44,46)(H,47,48). The van der Waals surface area contributed by atoms with Crippen LogP contribution in [0, 0.1) is 0 Å². The first kappa shape index (κ1) is 39.4. The summed E-state index contributed by atoms with van der Waals surface area (Å²) in [6.45, 7) is 2.89. The lowest BCUT2D eigenvalue weighted by atomic mass is 10.0. The minimum Gasteiger partial charge on any atom is -0.497 e. The fraction of sp³-hybridized carbons (Fsp3) is 0.333. The first-order valence-corrected chi connectivity index (χ1v) is 16.9. The Morgan fingerprint density at radius 2 is 1.54 bits per heavy atom. The Labute approximate surface area is 300 Å². The number of aromatic nitrogens is 1. The summed E-state index contributed by atoms with van der Waals surface area (Å²) in [5, 5.41) is 12.1. The first-order chi connectivity index (χ1) is 24.9. The highest BCUT2D eigenvalue weighted by atomic mass is 19.4. The third-order valence-corrected chi connectivity index (χ3v) is 7.98. The van der Waals surface area contributed by atoms with Crippen molar-refractivity contribution in [1.29, 1.82) is 0 Å². The molecule has 1 heterocycles. The summed E-state index contributed by atoms with van der Waals surface area (Å²) in [6.07, 6.45) is 1.93. The second-order valence-corrected chi connectivity index (χ2v) is 12.1. The van der Waals surface area contributed by atoms with Gasteiger partial charge in [0.1, 0.15) is 17.2 Å². The number of halogens is 3. The van der Waals surface area contributed by atoms with Crippen LogP contribution in [0.15, 0.2) is 85.1 Å². The smallest absolute Gasteiger partial charge is 0.416 e. The van der Waals surface area contributed by atoms with E-state index in [9.17, 15) is 32.7 Å². The van der Waals surface area contributed by atoms with Gasteiger partial charge >= 0.3 is 18.1 Å². The van der Waals surface area contributed by atoms with E-state index < -0.39 is 36.0 Å². The number of hydrogen-bond acceptors (Lipinski definition) is 8. The van der Waals surface area contributed by atoms with E-state index in [1.54, 1.807) is 65.6 Å². The zero-order valence-electron chi connectivity index (χ0n) is 29.1. The van der Waals surface area contributed by atoms with Crippen molar-refractivity contribution in [3.63, 3.8) is 0 Å². The molecule has 0 aliphatic carbocycles. The molecule has 0 saturated heterocycles. The largest absolute Gasteiger partial charge is 0.497 e. The van der Waals surface area contributed by atoms with E-state index in [-0.39, 0.29) is 36.7 Å². The van der Waals surface area contributed by atoms with Crippen LogP contribution >= 0.6 is 0 Å². The van der Waals surface area contributed by atoms with Gasteiger partial charge in [-0.3, -0.25) is 19.5 Å². The average molecular weight is 722 g/mol. The SMILES string of the molecule is CCCCCCCOc1ccc(C(=O)Oc2ccc(CN(CC(=O)O)Cc3ccc(NC(=O)Cc4ccc(OC)cc4C(F)(F)F)cc3)nc2)cc1. The number of nitrogens with zero attached hydrogens (tertiary/aromatic N) is 2. The van der Waals surface area contributed by atoms with Crippen molar-refractivity contribution in [2.24, 2.45) is 0 Å². The second kappa shape index (κ2) is 19.3. The Hall–Kier alpha value is -5.43. The minimum absolute atomic E-state index is 0.0320. The molecule has 4 rings (SSSR count). The van der Waals surface area contributed by atoms with Gasteiger partial charge in [-0.05, 0) is 78.2 Å². The van der Waals surface area contributed by atoms with Crippen LogP contribution in [-0.4, -0.2) is 53.1 Å². The zero-order chi connectivity index (χ0) is 37.5. The number of carbonyl (C=O) groups is 3. The van der Waals surface area contributed by atoms with Gasteiger partial charge in [0.05, 0.1) is 49.7 Å². The second-order valence-electron chi connectivity index (χ2n) is 12.1. The normalized spacial score (nSPS) is 11.3. The lowest BCUT2D eigenvalue weighted by molar-refractivity contribution is -0.139. The fourth-order valence-electron chi connectivity index (χ4n) is 5.33. The van der Waals surface area contributed by atoms with Crippen LogP contribution in [0.3, 0.4) is 0 Å². The van der Waals surface area contributed by atoms with Crippen LogP contribution in [0.1, 0.15) is 71.8 Å². The van der Waals surface area contributed by atoms with Gasteiger partial charge in [-0.25, -0.2) is 4.79 Å². The molecule has 52 heavy (non-hydrogen) atoms. The number of carboxylic acid groups (broad SMARTS) is 1. The van der Waals surface area contributed by atoms with Crippen molar-refractivity contribution in [2.45, 2.75) is 64.7 Å². The topological polar surface area (TPSA) is 127 Å². The van der Waals surface area contributed by atoms with Crippen molar-refractivity contribution < 1.29 is 46.9 Å². The molecule has 0 fully saturated rings. The highest BCUT2D eigenvalue weighted by Crippen LogP contribution is 2.35. The molecule has 1 amide bonds. The van der Waals surface area contributed by atoms with Crippen LogP contribution in [0.5, 0.6) is 17.2 Å². The first-order valence-electron chi connectivity index (χ1n) is 16.9. The predicted octanol–water partition coefficient (Wildman–Crippen LogP) is 7.95. The Morgan fingerprint density at radius 3 is 2.17 bits per heavy atom. The number of methoxy groups -OCH3 is 1. The molecule has 0 spiro atoms. The van der Waals surface area contributed by atoms with Gasteiger partial charge in [0.2, 0.25) is 5.91 Å². The maximum Gasteiger partial charge on any atom is 0.416 e.